The topological polar surface area (TPSA) is 49.4 Å². The van der Waals surface area contributed by atoms with E-state index in [2.05, 4.69) is 21.2 Å². The molecule has 0 unspecified atom stereocenters. The second kappa shape index (κ2) is 7.22. The fourth-order valence-corrected chi connectivity index (χ4v) is 2.29. The predicted octanol–water partition coefficient (Wildman–Crippen LogP) is 3.61. The highest BCUT2D eigenvalue weighted by Crippen LogP contribution is 2.24. The van der Waals surface area contributed by atoms with Gasteiger partial charge in [-0.3, -0.25) is 9.59 Å². The van der Waals surface area contributed by atoms with E-state index in [0.717, 1.165) is 10.0 Å². The number of nitrogens with one attached hydrogen (secondary N) is 1. The zero-order valence-corrected chi connectivity index (χ0v) is 14.1. The molecule has 0 aromatic heterocycles. The van der Waals surface area contributed by atoms with Gasteiger partial charge in [-0.25, -0.2) is 0 Å². The highest BCUT2D eigenvalue weighted by atomic mass is 79.9. The summed E-state index contributed by atoms with van der Waals surface area (Å²) >= 11 is 3.37. The van der Waals surface area contributed by atoms with E-state index in [1.165, 1.54) is 11.8 Å². The van der Waals surface area contributed by atoms with E-state index in [-0.39, 0.29) is 18.2 Å². The van der Waals surface area contributed by atoms with Crippen molar-refractivity contribution in [2.75, 3.05) is 17.3 Å². The van der Waals surface area contributed by atoms with Crippen LogP contribution in [0.2, 0.25) is 0 Å². The molecule has 2 aromatic rings. The van der Waals surface area contributed by atoms with Crippen LogP contribution in [0.25, 0.3) is 0 Å². The molecule has 0 saturated carbocycles. The second-order valence-corrected chi connectivity index (χ2v) is 5.86. The van der Waals surface area contributed by atoms with Crippen LogP contribution in [0.3, 0.4) is 0 Å². The zero-order valence-electron chi connectivity index (χ0n) is 12.5. The molecule has 0 spiro atoms. The van der Waals surface area contributed by atoms with E-state index in [9.17, 15) is 9.59 Å². The van der Waals surface area contributed by atoms with Crippen molar-refractivity contribution in [1.82, 2.24) is 0 Å². The lowest BCUT2D eigenvalue weighted by molar-refractivity contribution is -0.117. The molecule has 0 atom stereocenters. The molecule has 2 amide bonds. The van der Waals surface area contributed by atoms with Crippen molar-refractivity contribution in [2.45, 2.75) is 13.3 Å². The number of carbonyl (C=O) groups is 2. The first-order valence-electron chi connectivity index (χ1n) is 6.85. The summed E-state index contributed by atoms with van der Waals surface area (Å²) in [5.74, 6) is -0.207. The minimum atomic E-state index is -0.119. The fourth-order valence-electron chi connectivity index (χ4n) is 2.02. The van der Waals surface area contributed by atoms with Crippen LogP contribution in [0, 0.1) is 0 Å². The Bertz CT molecular complexity index is 683. The maximum Gasteiger partial charge on any atom is 0.228 e. The third kappa shape index (κ3) is 4.18. The van der Waals surface area contributed by atoms with Crippen LogP contribution < -0.4 is 10.2 Å². The van der Waals surface area contributed by atoms with E-state index < -0.39 is 0 Å². The molecule has 2 aromatic carbocycles. The lowest BCUT2D eigenvalue weighted by Crippen LogP contribution is -2.25. The number of nitrogens with zero attached hydrogens (tertiary/aromatic N) is 1. The molecule has 0 aliphatic carbocycles. The summed E-state index contributed by atoms with van der Waals surface area (Å²) in [5.41, 5.74) is 2.24. The van der Waals surface area contributed by atoms with Crippen molar-refractivity contribution in [3.05, 3.63) is 58.6 Å². The predicted molar refractivity (Wildman–Crippen MR) is 92.0 cm³/mol. The van der Waals surface area contributed by atoms with Gasteiger partial charge in [0.1, 0.15) is 0 Å². The monoisotopic (exact) mass is 360 g/mol. The Balaban J connectivity index is 2.11. The average Bonchev–Trinajstić information content (AvgIpc) is 2.49. The third-order valence-corrected chi connectivity index (χ3v) is 3.82. The Morgan fingerprint density at radius 3 is 2.36 bits per heavy atom. The van der Waals surface area contributed by atoms with Crippen molar-refractivity contribution in [2.24, 2.45) is 0 Å². The summed E-state index contributed by atoms with van der Waals surface area (Å²) in [6.45, 7) is 1.49. The fraction of sp³-hybridized carbons (Fsp3) is 0.176. The molecule has 0 radical (unpaired) electrons. The van der Waals surface area contributed by atoms with E-state index in [4.69, 9.17) is 0 Å². The van der Waals surface area contributed by atoms with Crippen molar-refractivity contribution in [3.63, 3.8) is 0 Å². The Morgan fingerprint density at radius 1 is 1.09 bits per heavy atom. The quantitative estimate of drug-likeness (QED) is 0.905. The number of rotatable bonds is 4. The molecule has 0 aliphatic heterocycles. The molecule has 0 aliphatic rings. The number of para-hydroxylation sites is 2. The van der Waals surface area contributed by atoms with E-state index in [1.807, 2.05) is 36.4 Å². The van der Waals surface area contributed by atoms with Crippen LogP contribution in [0.5, 0.6) is 0 Å². The molecule has 0 fully saturated rings. The number of hydrogen-bond acceptors (Lipinski definition) is 2. The average molecular weight is 361 g/mol. The van der Waals surface area contributed by atoms with Gasteiger partial charge in [0, 0.05) is 18.4 Å². The standard InChI is InChI=1S/C17H17BrN2O2/c1-12(21)20(2)16-6-4-3-5-15(16)19-17(22)11-13-7-9-14(18)10-8-13/h3-10H,11H2,1-2H3,(H,19,22). The van der Waals surface area contributed by atoms with Crippen molar-refractivity contribution >= 4 is 39.1 Å². The van der Waals surface area contributed by atoms with E-state index >= 15 is 0 Å². The first-order chi connectivity index (χ1) is 10.5. The summed E-state index contributed by atoms with van der Waals surface area (Å²) in [5, 5.41) is 2.86. The second-order valence-electron chi connectivity index (χ2n) is 4.95. The summed E-state index contributed by atoms with van der Waals surface area (Å²) in [6, 6.07) is 14.9. The van der Waals surface area contributed by atoms with Gasteiger partial charge in [-0.1, -0.05) is 40.2 Å². The number of hydrogen-bond donors (Lipinski definition) is 1. The van der Waals surface area contributed by atoms with Gasteiger partial charge in [-0.2, -0.15) is 0 Å². The molecular formula is C17H17BrN2O2. The lowest BCUT2D eigenvalue weighted by Gasteiger charge is -2.19. The summed E-state index contributed by atoms with van der Waals surface area (Å²) in [4.78, 5) is 25.2. The van der Waals surface area contributed by atoms with Crippen molar-refractivity contribution < 1.29 is 9.59 Å². The molecule has 5 heteroatoms. The van der Waals surface area contributed by atoms with Gasteiger partial charge >= 0.3 is 0 Å². The highest BCUT2D eigenvalue weighted by molar-refractivity contribution is 9.10. The molecule has 114 valence electrons. The van der Waals surface area contributed by atoms with Crippen LogP contribution in [0.4, 0.5) is 11.4 Å². The van der Waals surface area contributed by atoms with Gasteiger partial charge in [-0.15, -0.1) is 0 Å². The largest absolute Gasteiger partial charge is 0.324 e. The minimum Gasteiger partial charge on any atom is -0.324 e. The Hall–Kier alpha value is -2.14. The normalized spacial score (nSPS) is 10.1. The number of anilines is 2. The minimum absolute atomic E-state index is 0.0883. The number of halogens is 1. The molecular weight excluding hydrogens is 344 g/mol. The first kappa shape index (κ1) is 16.2. The Morgan fingerprint density at radius 2 is 1.73 bits per heavy atom. The van der Waals surface area contributed by atoms with E-state index in [1.54, 1.807) is 19.2 Å². The summed E-state index contributed by atoms with van der Waals surface area (Å²) in [6.07, 6.45) is 0.283. The molecule has 4 nitrogen and oxygen atoms in total. The van der Waals surface area contributed by atoms with Crippen LogP contribution in [-0.4, -0.2) is 18.9 Å². The third-order valence-electron chi connectivity index (χ3n) is 3.29. The summed E-state index contributed by atoms with van der Waals surface area (Å²) < 4.78 is 0.977. The SMILES string of the molecule is CC(=O)N(C)c1ccccc1NC(=O)Cc1ccc(Br)cc1. The molecule has 0 heterocycles. The van der Waals surface area contributed by atoms with Gasteiger partial charge in [0.15, 0.2) is 0 Å². The van der Waals surface area contributed by atoms with Gasteiger partial charge < -0.3 is 10.2 Å². The number of carbonyl (C=O) groups excluding carboxylic acids is 2. The summed E-state index contributed by atoms with van der Waals surface area (Å²) in [7, 11) is 1.68. The molecule has 22 heavy (non-hydrogen) atoms. The van der Waals surface area contributed by atoms with Crippen molar-refractivity contribution in [1.29, 1.82) is 0 Å². The molecule has 0 saturated heterocycles. The molecule has 0 bridgehead atoms. The van der Waals surface area contributed by atoms with Gasteiger partial charge in [0.05, 0.1) is 17.8 Å². The maximum atomic E-state index is 12.2. The van der Waals surface area contributed by atoms with Gasteiger partial charge in [0.25, 0.3) is 0 Å². The van der Waals surface area contributed by atoms with Crippen LogP contribution in [0.1, 0.15) is 12.5 Å². The van der Waals surface area contributed by atoms with Crippen LogP contribution in [0.15, 0.2) is 53.0 Å². The van der Waals surface area contributed by atoms with Crippen LogP contribution in [-0.2, 0) is 16.0 Å². The first-order valence-corrected chi connectivity index (χ1v) is 7.64. The zero-order chi connectivity index (χ0) is 16.1. The smallest absolute Gasteiger partial charge is 0.228 e. The molecule has 2 rings (SSSR count). The highest BCUT2D eigenvalue weighted by Gasteiger charge is 2.12. The number of benzene rings is 2. The van der Waals surface area contributed by atoms with Gasteiger partial charge in [-0.05, 0) is 29.8 Å². The Labute approximate surface area is 138 Å². The molecule has 1 N–H and O–H groups in total. The van der Waals surface area contributed by atoms with Crippen LogP contribution >= 0.6 is 15.9 Å². The van der Waals surface area contributed by atoms with Gasteiger partial charge in [0.2, 0.25) is 11.8 Å². The maximum absolute atomic E-state index is 12.2. The van der Waals surface area contributed by atoms with E-state index in [0.29, 0.717) is 11.4 Å². The lowest BCUT2D eigenvalue weighted by atomic mass is 10.1. The number of amides is 2. The Kier molecular flexibility index (Phi) is 5.33. The van der Waals surface area contributed by atoms with Crippen molar-refractivity contribution in [3.8, 4) is 0 Å².